The molecular weight excluding hydrogens is 502 g/mol. The number of aromatic nitrogens is 3. The molecule has 2 N–H and O–H groups in total. The van der Waals surface area contributed by atoms with Crippen molar-refractivity contribution in [1.82, 2.24) is 20.1 Å². The molecule has 0 radical (unpaired) electrons. The molecule has 1 aromatic heterocycles. The zero-order valence-electron chi connectivity index (χ0n) is 21.2. The summed E-state index contributed by atoms with van der Waals surface area (Å²) in [6.07, 6.45) is 0. The first-order valence-electron chi connectivity index (χ1n) is 12.1. The second-order valence-electron chi connectivity index (χ2n) is 8.18. The van der Waals surface area contributed by atoms with E-state index < -0.39 is 0 Å². The monoisotopic (exact) mass is 531 g/mol. The van der Waals surface area contributed by atoms with Gasteiger partial charge in [-0.05, 0) is 61.0 Å². The van der Waals surface area contributed by atoms with Crippen molar-refractivity contribution in [3.05, 3.63) is 95.8 Å². The van der Waals surface area contributed by atoms with Gasteiger partial charge in [-0.3, -0.25) is 9.59 Å². The van der Waals surface area contributed by atoms with Gasteiger partial charge in [-0.25, -0.2) is 0 Å². The van der Waals surface area contributed by atoms with E-state index in [1.807, 2.05) is 54.0 Å². The van der Waals surface area contributed by atoms with Crippen LogP contribution in [-0.4, -0.2) is 46.0 Å². The van der Waals surface area contributed by atoms with Crippen molar-refractivity contribution in [2.24, 2.45) is 0 Å². The van der Waals surface area contributed by atoms with Crippen LogP contribution < -0.4 is 20.1 Å². The number of ether oxygens (including phenoxy) is 2. The number of amides is 2. The third kappa shape index (κ3) is 7.36. The molecule has 0 bridgehead atoms. The summed E-state index contributed by atoms with van der Waals surface area (Å²) in [4.78, 5) is 25.3. The van der Waals surface area contributed by atoms with Crippen LogP contribution in [0.1, 0.15) is 28.7 Å². The predicted molar refractivity (Wildman–Crippen MR) is 147 cm³/mol. The standard InChI is InChI=1S/C28H29N5O4S/c1-3-37-24-15-11-22(12-16-24)30-26(34)19-38-28-32-31-25(33(28)18-20-7-5-4-6-8-20)17-29-27(35)21-9-13-23(36-2)14-10-21/h4-16H,3,17-19H2,1-2H3,(H,29,35)(H,30,34). The molecule has 0 aliphatic rings. The maximum absolute atomic E-state index is 12.7. The molecule has 4 aromatic rings. The second-order valence-corrected chi connectivity index (χ2v) is 9.12. The lowest BCUT2D eigenvalue weighted by Crippen LogP contribution is -2.25. The minimum atomic E-state index is -0.231. The molecule has 1 heterocycles. The summed E-state index contributed by atoms with van der Waals surface area (Å²) in [6.45, 7) is 3.19. The van der Waals surface area contributed by atoms with Crippen molar-refractivity contribution < 1.29 is 19.1 Å². The zero-order chi connectivity index (χ0) is 26.7. The Morgan fingerprint density at radius 3 is 2.32 bits per heavy atom. The van der Waals surface area contributed by atoms with E-state index in [9.17, 15) is 9.59 Å². The fourth-order valence-corrected chi connectivity index (χ4v) is 4.37. The molecule has 0 unspecified atom stereocenters. The van der Waals surface area contributed by atoms with Gasteiger partial charge in [-0.15, -0.1) is 10.2 Å². The van der Waals surface area contributed by atoms with E-state index in [4.69, 9.17) is 9.47 Å². The molecule has 0 aliphatic carbocycles. The Bertz CT molecular complexity index is 1340. The van der Waals surface area contributed by atoms with Crippen molar-refractivity contribution in [3.8, 4) is 11.5 Å². The molecule has 196 valence electrons. The number of hydrogen-bond acceptors (Lipinski definition) is 7. The highest BCUT2D eigenvalue weighted by atomic mass is 32.2. The van der Waals surface area contributed by atoms with Crippen LogP contribution >= 0.6 is 11.8 Å². The lowest BCUT2D eigenvalue weighted by Gasteiger charge is -2.12. The van der Waals surface area contributed by atoms with Crippen LogP contribution in [0.25, 0.3) is 0 Å². The number of nitrogens with one attached hydrogen (secondary N) is 2. The zero-order valence-corrected chi connectivity index (χ0v) is 22.0. The molecule has 9 nitrogen and oxygen atoms in total. The number of thioether (sulfide) groups is 1. The van der Waals surface area contributed by atoms with E-state index in [2.05, 4.69) is 20.8 Å². The van der Waals surface area contributed by atoms with Crippen LogP contribution in [0.15, 0.2) is 84.0 Å². The number of hydrogen-bond donors (Lipinski definition) is 2. The summed E-state index contributed by atoms with van der Waals surface area (Å²) in [7, 11) is 1.58. The summed E-state index contributed by atoms with van der Waals surface area (Å²) in [5.74, 6) is 1.77. The van der Waals surface area contributed by atoms with Gasteiger partial charge >= 0.3 is 0 Å². The fraction of sp³-hybridized carbons (Fsp3) is 0.214. The smallest absolute Gasteiger partial charge is 0.251 e. The van der Waals surface area contributed by atoms with Crippen molar-refractivity contribution in [1.29, 1.82) is 0 Å². The number of carbonyl (C=O) groups excluding carboxylic acids is 2. The lowest BCUT2D eigenvalue weighted by atomic mass is 10.2. The summed E-state index contributed by atoms with van der Waals surface area (Å²) in [6, 6.07) is 24.0. The number of methoxy groups -OCH3 is 1. The number of carbonyl (C=O) groups is 2. The third-order valence-corrected chi connectivity index (χ3v) is 6.48. The van der Waals surface area contributed by atoms with Gasteiger partial charge in [0.2, 0.25) is 5.91 Å². The topological polar surface area (TPSA) is 107 Å². The molecule has 4 rings (SSSR count). The largest absolute Gasteiger partial charge is 0.497 e. The lowest BCUT2D eigenvalue weighted by molar-refractivity contribution is -0.113. The van der Waals surface area contributed by atoms with Crippen molar-refractivity contribution in [3.63, 3.8) is 0 Å². The molecule has 2 amide bonds. The number of anilines is 1. The first-order chi connectivity index (χ1) is 18.6. The third-order valence-electron chi connectivity index (χ3n) is 5.52. The van der Waals surface area contributed by atoms with E-state index in [-0.39, 0.29) is 24.1 Å². The second kappa shape index (κ2) is 13.3. The molecule has 0 spiro atoms. The highest BCUT2D eigenvalue weighted by molar-refractivity contribution is 7.99. The molecule has 3 aromatic carbocycles. The van der Waals surface area contributed by atoms with Gasteiger partial charge in [0.25, 0.3) is 5.91 Å². The highest BCUT2D eigenvalue weighted by Gasteiger charge is 2.16. The Labute approximate surface area is 225 Å². The van der Waals surface area contributed by atoms with Gasteiger partial charge < -0.3 is 24.7 Å². The number of rotatable bonds is 12. The first-order valence-corrected chi connectivity index (χ1v) is 13.1. The van der Waals surface area contributed by atoms with E-state index in [0.717, 1.165) is 11.3 Å². The molecule has 0 atom stereocenters. The van der Waals surface area contributed by atoms with Crippen LogP contribution in [0.3, 0.4) is 0 Å². The summed E-state index contributed by atoms with van der Waals surface area (Å²) >= 11 is 1.29. The van der Waals surface area contributed by atoms with Crippen LogP contribution in [-0.2, 0) is 17.9 Å². The van der Waals surface area contributed by atoms with Gasteiger partial charge in [0.05, 0.1) is 32.6 Å². The maximum atomic E-state index is 12.7. The van der Waals surface area contributed by atoms with Crippen LogP contribution in [0, 0.1) is 0 Å². The minimum absolute atomic E-state index is 0.151. The molecule has 10 heteroatoms. The van der Waals surface area contributed by atoms with Gasteiger partial charge in [-0.1, -0.05) is 42.1 Å². The number of nitrogens with zero attached hydrogens (tertiary/aromatic N) is 3. The quantitative estimate of drug-likeness (QED) is 0.261. The SMILES string of the molecule is CCOc1ccc(NC(=O)CSc2nnc(CNC(=O)c3ccc(OC)cc3)n2Cc2ccccc2)cc1. The normalized spacial score (nSPS) is 10.6. The maximum Gasteiger partial charge on any atom is 0.251 e. The Kier molecular flexibility index (Phi) is 9.36. The minimum Gasteiger partial charge on any atom is -0.497 e. The summed E-state index contributed by atoms with van der Waals surface area (Å²) in [5, 5.41) is 15.0. The van der Waals surface area contributed by atoms with E-state index >= 15 is 0 Å². The van der Waals surface area contributed by atoms with E-state index in [1.165, 1.54) is 11.8 Å². The van der Waals surface area contributed by atoms with Crippen LogP contribution in [0.4, 0.5) is 5.69 Å². The molecule has 0 saturated carbocycles. The Hall–Kier alpha value is -4.31. The Morgan fingerprint density at radius 1 is 0.921 bits per heavy atom. The first kappa shape index (κ1) is 26.7. The summed E-state index contributed by atoms with van der Waals surface area (Å²) in [5.41, 5.74) is 2.25. The average Bonchev–Trinajstić information content (AvgIpc) is 3.33. The molecule has 38 heavy (non-hydrogen) atoms. The Morgan fingerprint density at radius 2 is 1.63 bits per heavy atom. The fourth-order valence-electron chi connectivity index (χ4n) is 3.61. The van der Waals surface area contributed by atoms with Gasteiger partial charge in [0.1, 0.15) is 11.5 Å². The number of benzene rings is 3. The molecule has 0 saturated heterocycles. The average molecular weight is 532 g/mol. The summed E-state index contributed by atoms with van der Waals surface area (Å²) < 4.78 is 12.5. The van der Waals surface area contributed by atoms with E-state index in [1.54, 1.807) is 43.5 Å². The van der Waals surface area contributed by atoms with Gasteiger partial charge in [0.15, 0.2) is 11.0 Å². The van der Waals surface area contributed by atoms with E-state index in [0.29, 0.717) is 41.1 Å². The van der Waals surface area contributed by atoms with Crippen molar-refractivity contribution in [2.45, 2.75) is 25.2 Å². The van der Waals surface area contributed by atoms with Crippen molar-refractivity contribution in [2.75, 3.05) is 24.8 Å². The van der Waals surface area contributed by atoms with Crippen LogP contribution in [0.5, 0.6) is 11.5 Å². The Balaban J connectivity index is 1.42. The predicted octanol–water partition coefficient (Wildman–Crippen LogP) is 4.39. The molecular formula is C28H29N5O4S. The molecule has 0 aliphatic heterocycles. The van der Waals surface area contributed by atoms with Crippen LogP contribution in [0.2, 0.25) is 0 Å². The molecule has 0 fully saturated rings. The van der Waals surface area contributed by atoms with Gasteiger partial charge in [0, 0.05) is 11.3 Å². The van der Waals surface area contributed by atoms with Crippen molar-refractivity contribution >= 4 is 29.3 Å². The highest BCUT2D eigenvalue weighted by Crippen LogP contribution is 2.21. The van der Waals surface area contributed by atoms with Gasteiger partial charge in [-0.2, -0.15) is 0 Å².